The molecular formula is C41H43ClIN7O4. The lowest BCUT2D eigenvalue weighted by Gasteiger charge is -2.41. The summed E-state index contributed by atoms with van der Waals surface area (Å²) in [4.78, 5) is 47.6. The van der Waals surface area contributed by atoms with E-state index in [1.165, 1.54) is 6.08 Å². The van der Waals surface area contributed by atoms with E-state index in [9.17, 15) is 9.59 Å². The second-order valence-corrected chi connectivity index (χ2v) is 15.5. The lowest BCUT2D eigenvalue weighted by Crippen LogP contribution is -2.56. The number of hydrogen-bond donors (Lipinski definition) is 0. The van der Waals surface area contributed by atoms with Crippen molar-refractivity contribution >= 4 is 68.3 Å². The van der Waals surface area contributed by atoms with Crippen LogP contribution in [-0.4, -0.2) is 103 Å². The molecule has 3 aromatic carbocycles. The number of halogens is 2. The Morgan fingerprint density at radius 2 is 1.87 bits per heavy atom. The number of amides is 1. The van der Waals surface area contributed by atoms with Crippen molar-refractivity contribution in [2.24, 2.45) is 0 Å². The fraction of sp³-hybridized carbons (Fsp3) is 0.390. The minimum absolute atomic E-state index is 0.160. The molecule has 13 heteroatoms. The Morgan fingerprint density at radius 3 is 2.69 bits per heavy atom. The number of fused-ring (bicyclic) bond motifs is 2. The Bertz CT molecular complexity index is 2070. The first-order valence-electron chi connectivity index (χ1n) is 18.5. The third kappa shape index (κ3) is 8.43. The normalized spacial score (nSPS) is 18.6. The van der Waals surface area contributed by atoms with E-state index in [-0.39, 0.29) is 30.5 Å². The highest BCUT2D eigenvalue weighted by molar-refractivity contribution is 14.1. The van der Waals surface area contributed by atoms with Gasteiger partial charge in [0.15, 0.2) is 0 Å². The van der Waals surface area contributed by atoms with Gasteiger partial charge in [-0.25, -0.2) is 11.4 Å². The molecular weight excluding hydrogens is 817 g/mol. The zero-order chi connectivity index (χ0) is 37.6. The zero-order valence-electron chi connectivity index (χ0n) is 30.1. The number of carbonyl (C=O) groups excluding carboxylic acids is 2. The molecule has 54 heavy (non-hydrogen) atoms. The predicted molar refractivity (Wildman–Crippen MR) is 219 cm³/mol. The topological polar surface area (TPSA) is 95.7 Å². The number of nitrogens with zero attached hydrogens (tertiary/aromatic N) is 7. The van der Waals surface area contributed by atoms with E-state index in [0.717, 1.165) is 82.4 Å². The molecule has 2 saturated heterocycles. The minimum atomic E-state index is -0.300. The van der Waals surface area contributed by atoms with E-state index in [1.807, 2.05) is 30.3 Å². The lowest BCUT2D eigenvalue weighted by molar-refractivity contribution is -0.128. The molecule has 280 valence electrons. The van der Waals surface area contributed by atoms with E-state index in [0.29, 0.717) is 56.0 Å². The Balaban J connectivity index is 1.09. The number of carbonyl (C=O) groups is 2. The Kier molecular flexibility index (Phi) is 12.2. The first-order chi connectivity index (χ1) is 26.3. The summed E-state index contributed by atoms with van der Waals surface area (Å²) in [7, 11) is 0. The molecule has 0 spiro atoms. The van der Waals surface area contributed by atoms with Crippen LogP contribution in [0.15, 0.2) is 73.3 Å². The van der Waals surface area contributed by atoms with Gasteiger partial charge in [0.2, 0.25) is 12.5 Å². The number of hydrogen-bond acceptors (Lipinski definition) is 9. The van der Waals surface area contributed by atoms with Gasteiger partial charge in [0.1, 0.15) is 18.5 Å². The summed E-state index contributed by atoms with van der Waals surface area (Å²) in [5.74, 6) is 0.350. The van der Waals surface area contributed by atoms with Gasteiger partial charge < -0.3 is 29.0 Å². The van der Waals surface area contributed by atoms with Crippen LogP contribution in [0.2, 0.25) is 5.02 Å². The smallest absolute Gasteiger partial charge is 0.338 e. The maximum atomic E-state index is 12.7. The van der Waals surface area contributed by atoms with Crippen molar-refractivity contribution < 1.29 is 19.1 Å². The molecule has 0 saturated carbocycles. The monoisotopic (exact) mass is 859 g/mol. The third-order valence-electron chi connectivity index (χ3n) is 10.5. The van der Waals surface area contributed by atoms with Crippen LogP contribution in [-0.2, 0) is 22.5 Å². The average molecular weight is 860 g/mol. The molecule has 3 aliphatic rings. The summed E-state index contributed by atoms with van der Waals surface area (Å²) in [6.07, 6.45) is 4.82. The van der Waals surface area contributed by atoms with Gasteiger partial charge in [0.25, 0.3) is 0 Å². The van der Waals surface area contributed by atoms with E-state index < -0.39 is 0 Å². The van der Waals surface area contributed by atoms with Crippen LogP contribution in [0.4, 0.5) is 11.5 Å². The van der Waals surface area contributed by atoms with Crippen molar-refractivity contribution in [1.29, 1.82) is 0 Å². The van der Waals surface area contributed by atoms with Crippen LogP contribution in [0.1, 0.15) is 40.9 Å². The molecule has 3 aliphatic heterocycles. The van der Waals surface area contributed by atoms with Crippen molar-refractivity contribution in [1.82, 2.24) is 19.8 Å². The molecule has 0 radical (unpaired) electrons. The van der Waals surface area contributed by atoms with Crippen LogP contribution in [0.25, 0.3) is 15.6 Å². The molecule has 0 aliphatic carbocycles. The first-order valence-corrected chi connectivity index (χ1v) is 19.9. The van der Waals surface area contributed by atoms with Gasteiger partial charge in [-0.15, -0.1) is 0 Å². The maximum absolute atomic E-state index is 12.7. The van der Waals surface area contributed by atoms with Crippen LogP contribution >= 0.6 is 34.2 Å². The largest absolute Gasteiger partial charge is 0.462 e. The second-order valence-electron chi connectivity index (χ2n) is 13.9. The number of piperazine rings is 1. The first kappa shape index (κ1) is 37.8. The second kappa shape index (κ2) is 17.3. The van der Waals surface area contributed by atoms with Crippen molar-refractivity contribution in [2.75, 3.05) is 68.8 Å². The summed E-state index contributed by atoms with van der Waals surface area (Å²) < 4.78 is 13.0. The molecule has 2 fully saturated rings. The SMILES string of the molecule is [C-]#[N+]C[C@H]1CN(c2nc(OC[C@@H]3CCCN3CCCOC(=O)c3cccc(I)c3)nc3c2CCN(c2cccc4cccc(Cl)c24)C3)CCN1C(=O)C=C. The lowest BCUT2D eigenvalue weighted by atomic mass is 10.0. The highest BCUT2D eigenvalue weighted by Gasteiger charge is 2.35. The Hall–Kier alpha value is -4.45. The summed E-state index contributed by atoms with van der Waals surface area (Å²) in [5.41, 5.74) is 3.59. The van der Waals surface area contributed by atoms with Gasteiger partial charge in [-0.2, -0.15) is 9.97 Å². The standard InChI is InChI=1S/C41H43ClIN7O4/c1-3-37(51)50-21-20-49(25-32(50)24-44-2)39-33-16-19-48(36-15-6-10-28-9-5-14-34(42)38(28)36)26-35(33)45-41(46-39)54-27-31-13-7-17-47(31)18-8-22-53-40(52)29-11-4-12-30(43)23-29/h3-6,9-12,14-15,23,31-32H,1,7-8,13,16-22,24-27H2/t31-,32-/m0/s1. The van der Waals surface area contributed by atoms with E-state index >= 15 is 0 Å². The van der Waals surface area contributed by atoms with Crippen LogP contribution < -0.4 is 14.5 Å². The molecule has 1 aromatic heterocycles. The zero-order valence-corrected chi connectivity index (χ0v) is 33.0. The van der Waals surface area contributed by atoms with Gasteiger partial charge in [0, 0.05) is 59.0 Å². The van der Waals surface area contributed by atoms with Crippen molar-refractivity contribution in [3.63, 3.8) is 0 Å². The maximum Gasteiger partial charge on any atom is 0.338 e. The van der Waals surface area contributed by atoms with Gasteiger partial charge in [-0.1, -0.05) is 48.5 Å². The molecule has 0 N–H and O–H groups in total. The van der Waals surface area contributed by atoms with Crippen LogP contribution in [0, 0.1) is 10.1 Å². The number of benzene rings is 3. The van der Waals surface area contributed by atoms with Crippen molar-refractivity contribution in [2.45, 2.75) is 44.3 Å². The van der Waals surface area contributed by atoms with Crippen molar-refractivity contribution in [3.8, 4) is 6.01 Å². The summed E-state index contributed by atoms with van der Waals surface area (Å²) in [6.45, 7) is 16.8. The molecule has 0 bridgehead atoms. The number of aromatic nitrogens is 2. The molecule has 4 heterocycles. The number of esters is 1. The molecule has 4 aromatic rings. The van der Waals surface area contributed by atoms with Crippen LogP contribution in [0.5, 0.6) is 6.01 Å². The van der Waals surface area contributed by atoms with E-state index in [2.05, 4.69) is 73.0 Å². The average Bonchev–Trinajstić information content (AvgIpc) is 3.65. The molecule has 11 nitrogen and oxygen atoms in total. The number of rotatable bonds is 12. The molecule has 0 unspecified atom stereocenters. The minimum Gasteiger partial charge on any atom is -0.462 e. The van der Waals surface area contributed by atoms with Gasteiger partial charge in [0.05, 0.1) is 29.4 Å². The summed E-state index contributed by atoms with van der Waals surface area (Å²) in [6, 6.07) is 19.9. The number of likely N-dealkylation sites (tertiary alicyclic amines) is 1. The highest BCUT2D eigenvalue weighted by atomic mass is 127. The summed E-state index contributed by atoms with van der Waals surface area (Å²) >= 11 is 8.95. The number of ether oxygens (including phenoxy) is 2. The predicted octanol–water partition coefficient (Wildman–Crippen LogP) is 6.66. The molecule has 7 rings (SSSR count). The van der Waals surface area contributed by atoms with E-state index in [4.69, 9.17) is 37.6 Å². The third-order valence-corrected chi connectivity index (χ3v) is 11.5. The number of anilines is 2. The fourth-order valence-electron chi connectivity index (χ4n) is 7.86. The van der Waals surface area contributed by atoms with Gasteiger partial charge in [-0.3, -0.25) is 9.69 Å². The Morgan fingerprint density at radius 1 is 1.04 bits per heavy atom. The van der Waals surface area contributed by atoms with Gasteiger partial charge >= 0.3 is 12.0 Å². The quantitative estimate of drug-likeness (QED) is 0.0510. The Labute approximate surface area is 334 Å². The highest BCUT2D eigenvalue weighted by Crippen LogP contribution is 2.37. The van der Waals surface area contributed by atoms with E-state index in [1.54, 1.807) is 11.0 Å². The summed E-state index contributed by atoms with van der Waals surface area (Å²) in [5, 5.41) is 2.82. The molecule has 2 atom stereocenters. The molecule has 1 amide bonds. The van der Waals surface area contributed by atoms with Gasteiger partial charge in [-0.05, 0) is 96.6 Å². The van der Waals surface area contributed by atoms with Crippen LogP contribution in [0.3, 0.4) is 0 Å². The fourth-order valence-corrected chi connectivity index (χ4v) is 8.68. The van der Waals surface area contributed by atoms with Crippen molar-refractivity contribution in [3.05, 3.63) is 110 Å².